The number of nitrogens with zero attached hydrogens (tertiary/aromatic N) is 2. The zero-order valence-electron chi connectivity index (χ0n) is 15.5. The maximum absolute atomic E-state index is 12.5. The highest BCUT2D eigenvalue weighted by molar-refractivity contribution is 5.75. The molecule has 0 aromatic heterocycles. The van der Waals surface area contributed by atoms with Crippen LogP contribution in [0, 0.1) is 6.92 Å². The Kier molecular flexibility index (Phi) is 6.00. The van der Waals surface area contributed by atoms with E-state index in [4.69, 9.17) is 4.74 Å². The molecule has 1 fully saturated rings. The molecule has 2 amide bonds. The number of piperazine rings is 1. The summed E-state index contributed by atoms with van der Waals surface area (Å²) in [7, 11) is 0. The number of urea groups is 1. The average Bonchev–Trinajstić information content (AvgIpc) is 2.67. The number of para-hydroxylation sites is 1. The fourth-order valence-corrected chi connectivity index (χ4v) is 3.08. The van der Waals surface area contributed by atoms with Crippen molar-refractivity contribution in [3.05, 3.63) is 60.2 Å². The maximum atomic E-state index is 12.5. The molecule has 1 atom stereocenters. The summed E-state index contributed by atoms with van der Waals surface area (Å²) in [6.07, 6.45) is 0. The molecule has 0 saturated carbocycles. The van der Waals surface area contributed by atoms with Crippen molar-refractivity contribution in [2.75, 3.05) is 37.7 Å². The highest BCUT2D eigenvalue weighted by Gasteiger charge is 2.22. The molecule has 138 valence electrons. The van der Waals surface area contributed by atoms with Crippen molar-refractivity contribution >= 4 is 11.7 Å². The van der Waals surface area contributed by atoms with Crippen LogP contribution < -0.4 is 15.0 Å². The standard InChI is InChI=1S/C21H27N3O2/c1-17-7-6-10-20(15-17)26-16-18(2)22-21(25)24-13-11-23(12-14-24)19-8-4-3-5-9-19/h3-10,15,18H,11-14,16H2,1-2H3,(H,22,25)/t18-/m1/s1. The van der Waals surface area contributed by atoms with Gasteiger partial charge in [-0.3, -0.25) is 0 Å². The first kappa shape index (κ1) is 18.1. The number of hydrogen-bond donors (Lipinski definition) is 1. The minimum absolute atomic E-state index is 0.0157. The summed E-state index contributed by atoms with van der Waals surface area (Å²) in [4.78, 5) is 16.6. The van der Waals surface area contributed by atoms with Crippen LogP contribution in [0.5, 0.6) is 5.75 Å². The van der Waals surface area contributed by atoms with Crippen LogP contribution in [0.4, 0.5) is 10.5 Å². The van der Waals surface area contributed by atoms with Crippen LogP contribution in [-0.4, -0.2) is 49.8 Å². The Morgan fingerprint density at radius 1 is 1.08 bits per heavy atom. The minimum atomic E-state index is -0.0461. The summed E-state index contributed by atoms with van der Waals surface area (Å²) in [5.41, 5.74) is 2.38. The fourth-order valence-electron chi connectivity index (χ4n) is 3.08. The summed E-state index contributed by atoms with van der Waals surface area (Å²) >= 11 is 0. The van der Waals surface area contributed by atoms with Crippen LogP contribution in [0.2, 0.25) is 0 Å². The molecule has 2 aromatic carbocycles. The number of rotatable bonds is 5. The lowest BCUT2D eigenvalue weighted by Crippen LogP contribution is -2.53. The third-order valence-corrected chi connectivity index (χ3v) is 4.55. The van der Waals surface area contributed by atoms with E-state index in [1.807, 2.05) is 61.2 Å². The molecule has 1 aliphatic rings. The van der Waals surface area contributed by atoms with Gasteiger partial charge in [0.05, 0.1) is 6.04 Å². The van der Waals surface area contributed by atoms with Gasteiger partial charge >= 0.3 is 6.03 Å². The largest absolute Gasteiger partial charge is 0.491 e. The van der Waals surface area contributed by atoms with Crippen LogP contribution in [0.3, 0.4) is 0 Å². The molecule has 0 unspecified atom stereocenters. The van der Waals surface area contributed by atoms with Crippen LogP contribution in [0.15, 0.2) is 54.6 Å². The van der Waals surface area contributed by atoms with Crippen LogP contribution in [0.1, 0.15) is 12.5 Å². The Bertz CT molecular complexity index is 712. The van der Waals surface area contributed by atoms with Gasteiger partial charge in [-0.15, -0.1) is 0 Å². The van der Waals surface area contributed by atoms with Gasteiger partial charge < -0.3 is 19.9 Å². The van der Waals surface area contributed by atoms with Gasteiger partial charge in [0.1, 0.15) is 12.4 Å². The first-order valence-electron chi connectivity index (χ1n) is 9.17. The number of anilines is 1. The van der Waals surface area contributed by atoms with Crippen molar-refractivity contribution in [1.82, 2.24) is 10.2 Å². The highest BCUT2D eigenvalue weighted by atomic mass is 16.5. The van der Waals surface area contributed by atoms with Crippen LogP contribution >= 0.6 is 0 Å². The summed E-state index contributed by atoms with van der Waals surface area (Å²) < 4.78 is 5.77. The Balaban J connectivity index is 1.42. The Labute approximate surface area is 155 Å². The number of hydrogen-bond acceptors (Lipinski definition) is 3. The predicted molar refractivity (Wildman–Crippen MR) is 105 cm³/mol. The van der Waals surface area contributed by atoms with E-state index in [1.165, 1.54) is 5.69 Å². The Hall–Kier alpha value is -2.69. The predicted octanol–water partition coefficient (Wildman–Crippen LogP) is 3.29. The van der Waals surface area contributed by atoms with Gasteiger partial charge in [0.15, 0.2) is 0 Å². The molecule has 1 heterocycles. The first-order valence-corrected chi connectivity index (χ1v) is 9.17. The van der Waals surface area contributed by atoms with Crippen LogP contribution in [0.25, 0.3) is 0 Å². The van der Waals surface area contributed by atoms with Gasteiger partial charge in [-0.25, -0.2) is 4.79 Å². The first-order chi connectivity index (χ1) is 12.6. The van der Waals surface area contributed by atoms with Gasteiger partial charge in [0.25, 0.3) is 0 Å². The lowest BCUT2D eigenvalue weighted by atomic mass is 10.2. The third kappa shape index (κ3) is 4.91. The second-order valence-corrected chi connectivity index (χ2v) is 6.79. The topological polar surface area (TPSA) is 44.8 Å². The Morgan fingerprint density at radius 3 is 2.50 bits per heavy atom. The van der Waals surface area contributed by atoms with E-state index < -0.39 is 0 Å². The van der Waals surface area contributed by atoms with Crippen molar-refractivity contribution in [2.24, 2.45) is 0 Å². The molecular formula is C21H27N3O2. The number of carbonyl (C=O) groups is 1. The van der Waals surface area contributed by atoms with E-state index in [2.05, 4.69) is 22.3 Å². The summed E-state index contributed by atoms with van der Waals surface area (Å²) in [6.45, 7) is 7.62. The zero-order valence-corrected chi connectivity index (χ0v) is 15.5. The monoisotopic (exact) mass is 353 g/mol. The number of ether oxygens (including phenoxy) is 1. The number of nitrogens with one attached hydrogen (secondary N) is 1. The van der Waals surface area contributed by atoms with Gasteiger partial charge in [-0.2, -0.15) is 0 Å². The molecule has 0 radical (unpaired) electrons. The van der Waals surface area contributed by atoms with Gasteiger partial charge in [0, 0.05) is 31.9 Å². The highest BCUT2D eigenvalue weighted by Crippen LogP contribution is 2.16. The van der Waals surface area contributed by atoms with Gasteiger partial charge in [0.2, 0.25) is 0 Å². The second-order valence-electron chi connectivity index (χ2n) is 6.79. The summed E-state index contributed by atoms with van der Waals surface area (Å²) in [5, 5.41) is 3.03. The molecule has 3 rings (SSSR count). The minimum Gasteiger partial charge on any atom is -0.491 e. The van der Waals surface area contributed by atoms with E-state index in [0.717, 1.165) is 37.5 Å². The molecule has 0 spiro atoms. The number of carbonyl (C=O) groups excluding carboxylic acids is 1. The quantitative estimate of drug-likeness (QED) is 0.897. The normalized spacial score (nSPS) is 15.5. The molecule has 5 nitrogen and oxygen atoms in total. The van der Waals surface area contributed by atoms with E-state index in [9.17, 15) is 4.79 Å². The van der Waals surface area contributed by atoms with Gasteiger partial charge in [-0.05, 0) is 43.7 Å². The molecular weight excluding hydrogens is 326 g/mol. The van der Waals surface area contributed by atoms with E-state index in [0.29, 0.717) is 6.61 Å². The van der Waals surface area contributed by atoms with Crippen molar-refractivity contribution in [3.8, 4) is 5.75 Å². The van der Waals surface area contributed by atoms with E-state index in [1.54, 1.807) is 0 Å². The maximum Gasteiger partial charge on any atom is 0.317 e. The lowest BCUT2D eigenvalue weighted by Gasteiger charge is -2.36. The summed E-state index contributed by atoms with van der Waals surface area (Å²) in [5.74, 6) is 0.836. The van der Waals surface area contributed by atoms with Crippen molar-refractivity contribution in [3.63, 3.8) is 0 Å². The molecule has 1 aliphatic heterocycles. The zero-order chi connectivity index (χ0) is 18.4. The van der Waals surface area contributed by atoms with E-state index in [-0.39, 0.29) is 12.1 Å². The number of benzene rings is 2. The van der Waals surface area contributed by atoms with Crippen molar-refractivity contribution in [2.45, 2.75) is 19.9 Å². The molecule has 0 bridgehead atoms. The van der Waals surface area contributed by atoms with Crippen LogP contribution in [-0.2, 0) is 0 Å². The SMILES string of the molecule is Cc1cccc(OC[C@@H](C)NC(=O)N2CCN(c3ccccc3)CC2)c1. The fraction of sp³-hybridized carbons (Fsp3) is 0.381. The number of amides is 2. The lowest BCUT2D eigenvalue weighted by molar-refractivity contribution is 0.184. The number of aryl methyl sites for hydroxylation is 1. The molecule has 1 saturated heterocycles. The van der Waals surface area contributed by atoms with Gasteiger partial charge in [-0.1, -0.05) is 30.3 Å². The molecule has 2 aromatic rings. The van der Waals surface area contributed by atoms with Crippen molar-refractivity contribution < 1.29 is 9.53 Å². The third-order valence-electron chi connectivity index (χ3n) is 4.55. The second kappa shape index (κ2) is 8.61. The molecule has 0 aliphatic carbocycles. The van der Waals surface area contributed by atoms with Crippen molar-refractivity contribution in [1.29, 1.82) is 0 Å². The summed E-state index contributed by atoms with van der Waals surface area (Å²) in [6, 6.07) is 18.2. The Morgan fingerprint density at radius 2 is 1.81 bits per heavy atom. The average molecular weight is 353 g/mol. The smallest absolute Gasteiger partial charge is 0.317 e. The molecule has 5 heteroatoms. The molecule has 26 heavy (non-hydrogen) atoms. The van der Waals surface area contributed by atoms with E-state index >= 15 is 0 Å². The molecule has 1 N–H and O–H groups in total.